The molecule has 4 heterocycles. The second-order valence-electron chi connectivity index (χ2n) is 5.92. The molecular formula is C19H16N6O2. The summed E-state index contributed by atoms with van der Waals surface area (Å²) >= 11 is 0. The lowest BCUT2D eigenvalue weighted by atomic mass is 9.96. The zero-order valence-electron chi connectivity index (χ0n) is 14.3. The minimum Gasteiger partial charge on any atom is -0.461 e. The number of pyridine rings is 1. The van der Waals surface area contributed by atoms with Crippen molar-refractivity contribution in [2.24, 2.45) is 5.73 Å². The molecule has 0 radical (unpaired) electrons. The van der Waals surface area contributed by atoms with Crippen LogP contribution < -0.4 is 5.73 Å². The van der Waals surface area contributed by atoms with Crippen molar-refractivity contribution in [1.82, 2.24) is 24.7 Å². The Hall–Kier alpha value is -3.81. The summed E-state index contributed by atoms with van der Waals surface area (Å²) in [5.74, 6) is 0.263. The van der Waals surface area contributed by atoms with E-state index in [1.807, 2.05) is 12.1 Å². The molecule has 0 saturated heterocycles. The fourth-order valence-electron chi connectivity index (χ4n) is 2.77. The fraction of sp³-hybridized carbons (Fsp3) is 0.105. The predicted octanol–water partition coefficient (Wildman–Crippen LogP) is 2.13. The molecule has 4 aromatic rings. The lowest BCUT2D eigenvalue weighted by Gasteiger charge is -2.15. The summed E-state index contributed by atoms with van der Waals surface area (Å²) in [6, 6.07) is 10.7. The summed E-state index contributed by atoms with van der Waals surface area (Å²) in [7, 11) is 0. The Balaban J connectivity index is 1.80. The molecule has 0 saturated carbocycles. The van der Waals surface area contributed by atoms with E-state index in [4.69, 9.17) is 10.2 Å². The van der Waals surface area contributed by atoms with E-state index in [0.717, 1.165) is 5.56 Å². The third-order valence-corrected chi connectivity index (χ3v) is 4.08. The summed E-state index contributed by atoms with van der Waals surface area (Å²) < 4.78 is 7.02. The fourth-order valence-corrected chi connectivity index (χ4v) is 2.77. The molecule has 4 rings (SSSR count). The van der Waals surface area contributed by atoms with Crippen molar-refractivity contribution < 1.29 is 9.21 Å². The monoisotopic (exact) mass is 360 g/mol. The molecule has 0 bridgehead atoms. The van der Waals surface area contributed by atoms with Crippen LogP contribution in [0, 0.1) is 0 Å². The van der Waals surface area contributed by atoms with Gasteiger partial charge in [0.25, 0.3) is 0 Å². The molecule has 4 aromatic heterocycles. The van der Waals surface area contributed by atoms with Crippen LogP contribution in [-0.2, 0) is 11.2 Å². The summed E-state index contributed by atoms with van der Waals surface area (Å²) in [5.41, 5.74) is 7.08. The van der Waals surface area contributed by atoms with Gasteiger partial charge in [-0.05, 0) is 36.2 Å². The second-order valence-corrected chi connectivity index (χ2v) is 5.92. The van der Waals surface area contributed by atoms with Crippen molar-refractivity contribution in [3.63, 3.8) is 0 Å². The molecule has 0 spiro atoms. The van der Waals surface area contributed by atoms with Crippen molar-refractivity contribution in [3.05, 3.63) is 78.7 Å². The van der Waals surface area contributed by atoms with Crippen molar-refractivity contribution in [2.75, 3.05) is 0 Å². The predicted molar refractivity (Wildman–Crippen MR) is 96.7 cm³/mol. The highest BCUT2D eigenvalue weighted by atomic mass is 16.3. The lowest BCUT2D eigenvalue weighted by molar-refractivity contribution is -0.119. The Morgan fingerprint density at radius 3 is 2.78 bits per heavy atom. The van der Waals surface area contributed by atoms with Gasteiger partial charge in [-0.25, -0.2) is 14.6 Å². The highest BCUT2D eigenvalue weighted by Gasteiger charge is 2.23. The Bertz CT molecular complexity index is 977. The molecule has 2 N–H and O–H groups in total. The number of nitrogens with zero attached hydrogens (tertiary/aromatic N) is 5. The normalized spacial score (nSPS) is 12.0. The van der Waals surface area contributed by atoms with Gasteiger partial charge in [0.15, 0.2) is 17.4 Å². The molecule has 134 valence electrons. The van der Waals surface area contributed by atoms with Crippen LogP contribution in [-0.4, -0.2) is 30.6 Å². The Kier molecular flexibility index (Phi) is 4.44. The first-order chi connectivity index (χ1) is 13.2. The highest BCUT2D eigenvalue weighted by Crippen LogP contribution is 2.24. The molecule has 0 aliphatic carbocycles. The topological polar surface area (TPSA) is 113 Å². The van der Waals surface area contributed by atoms with E-state index in [0.29, 0.717) is 29.5 Å². The van der Waals surface area contributed by atoms with Crippen molar-refractivity contribution >= 4 is 5.91 Å². The van der Waals surface area contributed by atoms with Crippen LogP contribution in [0.3, 0.4) is 0 Å². The van der Waals surface area contributed by atoms with Crippen molar-refractivity contribution in [1.29, 1.82) is 0 Å². The van der Waals surface area contributed by atoms with Crippen LogP contribution in [0.15, 0.2) is 71.9 Å². The number of hydrogen-bond acceptors (Lipinski definition) is 6. The Morgan fingerprint density at radius 2 is 2.11 bits per heavy atom. The maximum absolute atomic E-state index is 12.2. The van der Waals surface area contributed by atoms with Crippen LogP contribution >= 0.6 is 0 Å². The van der Waals surface area contributed by atoms with Crippen LogP contribution in [0.4, 0.5) is 0 Å². The van der Waals surface area contributed by atoms with Crippen molar-refractivity contribution in [3.8, 4) is 17.4 Å². The van der Waals surface area contributed by atoms with Gasteiger partial charge in [0.05, 0.1) is 17.9 Å². The van der Waals surface area contributed by atoms with Crippen LogP contribution in [0.2, 0.25) is 0 Å². The van der Waals surface area contributed by atoms with Crippen molar-refractivity contribution in [2.45, 2.75) is 12.3 Å². The summed E-state index contributed by atoms with van der Waals surface area (Å²) in [6.45, 7) is 0. The number of furan rings is 1. The van der Waals surface area contributed by atoms with Crippen LogP contribution in [0.25, 0.3) is 17.4 Å². The van der Waals surface area contributed by atoms with Gasteiger partial charge in [-0.15, -0.1) is 0 Å². The SMILES string of the molecule is NC(=O)C(Cc1cccnc1)c1cc(-n2cccn2)nc(-c2ccco2)n1. The van der Waals surface area contributed by atoms with E-state index < -0.39 is 11.8 Å². The average molecular weight is 360 g/mol. The minimum absolute atomic E-state index is 0.362. The van der Waals surface area contributed by atoms with Gasteiger partial charge in [-0.1, -0.05) is 6.07 Å². The maximum atomic E-state index is 12.2. The number of rotatable bonds is 6. The molecular weight excluding hydrogens is 344 g/mol. The smallest absolute Gasteiger partial charge is 0.226 e. The third-order valence-electron chi connectivity index (χ3n) is 4.08. The average Bonchev–Trinajstić information content (AvgIpc) is 3.40. The molecule has 0 aromatic carbocycles. The molecule has 27 heavy (non-hydrogen) atoms. The van der Waals surface area contributed by atoms with E-state index in [9.17, 15) is 4.79 Å². The summed E-state index contributed by atoms with van der Waals surface area (Å²) in [4.78, 5) is 25.3. The Morgan fingerprint density at radius 1 is 1.19 bits per heavy atom. The van der Waals surface area contributed by atoms with E-state index in [2.05, 4.69) is 20.1 Å². The van der Waals surface area contributed by atoms with Gasteiger partial charge in [0, 0.05) is 30.9 Å². The third kappa shape index (κ3) is 3.59. The van der Waals surface area contributed by atoms with Gasteiger partial charge in [0.1, 0.15) is 0 Å². The molecule has 1 amide bonds. The molecule has 1 atom stereocenters. The number of carbonyl (C=O) groups is 1. The van der Waals surface area contributed by atoms with Gasteiger partial charge in [-0.3, -0.25) is 9.78 Å². The van der Waals surface area contributed by atoms with Gasteiger partial charge in [-0.2, -0.15) is 5.10 Å². The zero-order chi connectivity index (χ0) is 18.6. The first-order valence-electron chi connectivity index (χ1n) is 8.32. The largest absolute Gasteiger partial charge is 0.461 e. The van der Waals surface area contributed by atoms with Crippen LogP contribution in [0.1, 0.15) is 17.2 Å². The zero-order valence-corrected chi connectivity index (χ0v) is 14.3. The number of aromatic nitrogens is 5. The Labute approximate surface area is 154 Å². The van der Waals surface area contributed by atoms with Gasteiger partial charge in [0.2, 0.25) is 5.91 Å². The number of primary amides is 1. The molecule has 8 heteroatoms. The number of carbonyl (C=O) groups excluding carboxylic acids is 1. The molecule has 8 nitrogen and oxygen atoms in total. The summed E-state index contributed by atoms with van der Waals surface area (Å²) in [5, 5.41) is 4.21. The van der Waals surface area contributed by atoms with Crippen LogP contribution in [0.5, 0.6) is 0 Å². The lowest BCUT2D eigenvalue weighted by Crippen LogP contribution is -2.25. The number of amides is 1. The molecule has 0 fully saturated rings. The molecule has 1 unspecified atom stereocenters. The minimum atomic E-state index is -0.639. The first-order valence-corrected chi connectivity index (χ1v) is 8.32. The molecule has 0 aliphatic rings. The first kappa shape index (κ1) is 16.6. The standard InChI is InChI=1S/C19H16N6O2/c20-18(26)14(10-13-4-1-6-21-12-13)15-11-17(25-8-3-7-22-25)24-19(23-15)16-5-2-9-27-16/h1-9,11-12,14H,10H2,(H2,20,26). The van der Waals surface area contributed by atoms with E-state index in [1.165, 1.54) is 0 Å². The second kappa shape index (κ2) is 7.20. The number of hydrogen-bond donors (Lipinski definition) is 1. The highest BCUT2D eigenvalue weighted by molar-refractivity contribution is 5.82. The van der Waals surface area contributed by atoms with E-state index >= 15 is 0 Å². The van der Waals surface area contributed by atoms with Gasteiger partial charge >= 0.3 is 0 Å². The van der Waals surface area contributed by atoms with E-state index in [1.54, 1.807) is 60.0 Å². The maximum Gasteiger partial charge on any atom is 0.226 e. The van der Waals surface area contributed by atoms with Gasteiger partial charge < -0.3 is 10.2 Å². The quantitative estimate of drug-likeness (QED) is 0.563. The molecule has 0 aliphatic heterocycles. The van der Waals surface area contributed by atoms with E-state index in [-0.39, 0.29) is 0 Å². The summed E-state index contributed by atoms with van der Waals surface area (Å²) in [6.07, 6.45) is 8.72. The number of nitrogens with two attached hydrogens (primary N) is 1.